The Hall–Kier alpha value is -3.55. The van der Waals surface area contributed by atoms with Crippen LogP contribution in [0.5, 0.6) is 0 Å². The van der Waals surface area contributed by atoms with Crippen LogP contribution in [0, 0.1) is 6.92 Å². The Bertz CT molecular complexity index is 968. The summed E-state index contributed by atoms with van der Waals surface area (Å²) < 4.78 is 6.73. The largest absolute Gasteiger partial charge is 0.463 e. The molecule has 150 valence electrons. The molecule has 1 amide bonds. The van der Waals surface area contributed by atoms with Crippen LogP contribution in [0.3, 0.4) is 0 Å². The molecule has 3 aromatic rings. The number of nitrogens with one attached hydrogen (secondary N) is 1. The maximum atomic E-state index is 12.9. The van der Waals surface area contributed by atoms with Crippen LogP contribution in [-0.4, -0.2) is 38.2 Å². The minimum atomic E-state index is -0.508. The highest BCUT2D eigenvalue weighted by Crippen LogP contribution is 2.20. The summed E-state index contributed by atoms with van der Waals surface area (Å²) in [6, 6.07) is 14.1. The highest BCUT2D eigenvalue weighted by Gasteiger charge is 2.21. The van der Waals surface area contributed by atoms with Crippen LogP contribution in [0.1, 0.15) is 47.8 Å². The van der Waals surface area contributed by atoms with E-state index < -0.39 is 6.04 Å². The minimum absolute atomic E-state index is 0.0413. The van der Waals surface area contributed by atoms with Crippen LogP contribution in [0.2, 0.25) is 0 Å². The first kappa shape index (κ1) is 20.2. The Kier molecular flexibility index (Phi) is 6.33. The van der Waals surface area contributed by atoms with Crippen molar-refractivity contribution in [2.75, 3.05) is 0 Å². The average molecular weight is 393 g/mol. The van der Waals surface area contributed by atoms with E-state index in [0.717, 1.165) is 11.1 Å². The number of esters is 1. The van der Waals surface area contributed by atoms with Gasteiger partial charge < -0.3 is 10.1 Å². The van der Waals surface area contributed by atoms with Crippen LogP contribution < -0.4 is 5.32 Å². The highest BCUT2D eigenvalue weighted by molar-refractivity contribution is 5.95. The quantitative estimate of drug-likeness (QED) is 0.620. The summed E-state index contributed by atoms with van der Waals surface area (Å²) in [6.45, 7) is 5.57. The predicted molar refractivity (Wildman–Crippen MR) is 106 cm³/mol. The number of aryl methyl sites for hydroxylation is 1. The SMILES string of the molecule is Cc1ccc(C(CC(=O)OC(C)C)NC(=O)c2cccc(-n3cnnn3)c2)cc1. The zero-order valence-electron chi connectivity index (χ0n) is 16.6. The standard InChI is InChI=1S/C21H23N5O3/c1-14(2)29-20(27)12-19(16-9-7-15(3)8-10-16)23-21(28)17-5-4-6-18(11-17)26-13-22-24-25-26/h4-11,13-14,19H,12H2,1-3H3,(H,23,28). The number of carbonyl (C=O) groups is 2. The lowest BCUT2D eigenvalue weighted by molar-refractivity contribution is -0.147. The van der Waals surface area contributed by atoms with Gasteiger partial charge in [0.25, 0.3) is 5.91 Å². The van der Waals surface area contributed by atoms with Crippen molar-refractivity contribution in [3.05, 3.63) is 71.5 Å². The van der Waals surface area contributed by atoms with Crippen LogP contribution in [0.15, 0.2) is 54.9 Å². The average Bonchev–Trinajstić information content (AvgIpc) is 3.22. The third kappa shape index (κ3) is 5.47. The van der Waals surface area contributed by atoms with Gasteiger partial charge in [0, 0.05) is 5.56 Å². The molecule has 8 nitrogen and oxygen atoms in total. The number of aromatic nitrogens is 4. The van der Waals surface area contributed by atoms with Gasteiger partial charge in [0.15, 0.2) is 0 Å². The first-order chi connectivity index (χ1) is 13.9. The second-order valence-electron chi connectivity index (χ2n) is 6.98. The minimum Gasteiger partial charge on any atom is -0.463 e. The van der Waals surface area contributed by atoms with Crippen molar-refractivity contribution in [3.8, 4) is 5.69 Å². The van der Waals surface area contributed by atoms with Gasteiger partial charge in [0.1, 0.15) is 6.33 Å². The number of ether oxygens (including phenoxy) is 1. The van der Waals surface area contributed by atoms with Crippen LogP contribution >= 0.6 is 0 Å². The van der Waals surface area contributed by atoms with Gasteiger partial charge in [-0.25, -0.2) is 4.68 Å². The Morgan fingerprint density at radius 2 is 1.90 bits per heavy atom. The molecule has 0 radical (unpaired) electrons. The fourth-order valence-corrected chi connectivity index (χ4v) is 2.84. The number of hydrogen-bond donors (Lipinski definition) is 1. The summed E-state index contributed by atoms with van der Waals surface area (Å²) in [5.74, 6) is -0.670. The number of tetrazole rings is 1. The second-order valence-corrected chi connectivity index (χ2v) is 6.98. The van der Waals surface area contributed by atoms with E-state index in [1.165, 1.54) is 11.0 Å². The van der Waals surface area contributed by atoms with Gasteiger partial charge in [-0.3, -0.25) is 9.59 Å². The smallest absolute Gasteiger partial charge is 0.308 e. The van der Waals surface area contributed by atoms with E-state index in [1.807, 2.05) is 31.2 Å². The number of hydrogen-bond acceptors (Lipinski definition) is 6. The molecule has 1 heterocycles. The Morgan fingerprint density at radius 1 is 1.14 bits per heavy atom. The maximum Gasteiger partial charge on any atom is 0.308 e. The van der Waals surface area contributed by atoms with Crippen molar-refractivity contribution >= 4 is 11.9 Å². The first-order valence-corrected chi connectivity index (χ1v) is 9.32. The van der Waals surface area contributed by atoms with Gasteiger partial charge in [-0.1, -0.05) is 35.9 Å². The van der Waals surface area contributed by atoms with Crippen molar-refractivity contribution < 1.29 is 14.3 Å². The summed E-state index contributed by atoms with van der Waals surface area (Å²) in [6.07, 6.45) is 1.28. The van der Waals surface area contributed by atoms with Gasteiger partial charge in [0.05, 0.1) is 24.3 Å². The van der Waals surface area contributed by atoms with Gasteiger partial charge in [-0.15, -0.1) is 5.10 Å². The van der Waals surface area contributed by atoms with Gasteiger partial charge in [-0.2, -0.15) is 0 Å². The normalized spacial score (nSPS) is 11.9. The Morgan fingerprint density at radius 3 is 2.55 bits per heavy atom. The van der Waals surface area contributed by atoms with E-state index in [4.69, 9.17) is 4.74 Å². The van der Waals surface area contributed by atoms with Crippen molar-refractivity contribution in [1.29, 1.82) is 0 Å². The number of benzene rings is 2. The molecule has 0 saturated heterocycles. The highest BCUT2D eigenvalue weighted by atomic mass is 16.5. The van der Waals surface area contributed by atoms with Crippen molar-refractivity contribution in [2.45, 2.75) is 39.3 Å². The zero-order chi connectivity index (χ0) is 20.8. The molecule has 0 aliphatic carbocycles. The summed E-state index contributed by atoms with van der Waals surface area (Å²) in [5.41, 5.74) is 3.03. The molecule has 0 spiro atoms. The number of carbonyl (C=O) groups excluding carboxylic acids is 2. The molecule has 0 aliphatic rings. The number of rotatable bonds is 7. The fraction of sp³-hybridized carbons (Fsp3) is 0.286. The van der Waals surface area contributed by atoms with E-state index in [9.17, 15) is 9.59 Å². The monoisotopic (exact) mass is 393 g/mol. The lowest BCUT2D eigenvalue weighted by Crippen LogP contribution is -2.31. The van der Waals surface area contributed by atoms with Crippen LogP contribution in [0.4, 0.5) is 0 Å². The van der Waals surface area contributed by atoms with E-state index >= 15 is 0 Å². The van der Waals surface area contributed by atoms with E-state index in [0.29, 0.717) is 11.3 Å². The van der Waals surface area contributed by atoms with Gasteiger partial charge >= 0.3 is 5.97 Å². The van der Waals surface area contributed by atoms with Crippen molar-refractivity contribution in [2.24, 2.45) is 0 Å². The molecule has 0 aliphatic heterocycles. The Balaban J connectivity index is 1.81. The van der Waals surface area contributed by atoms with Gasteiger partial charge in [-0.05, 0) is 55.0 Å². The molecule has 3 rings (SSSR count). The fourth-order valence-electron chi connectivity index (χ4n) is 2.84. The Labute approximate surface area is 168 Å². The zero-order valence-corrected chi connectivity index (χ0v) is 16.6. The molecule has 8 heteroatoms. The van der Waals surface area contributed by atoms with Crippen molar-refractivity contribution in [1.82, 2.24) is 25.5 Å². The van der Waals surface area contributed by atoms with Crippen LogP contribution in [-0.2, 0) is 9.53 Å². The van der Waals surface area contributed by atoms with E-state index in [2.05, 4.69) is 20.8 Å². The third-order valence-corrected chi connectivity index (χ3v) is 4.24. The molecule has 0 fully saturated rings. The molecular weight excluding hydrogens is 370 g/mol. The molecule has 0 bridgehead atoms. The van der Waals surface area contributed by atoms with Crippen LogP contribution in [0.25, 0.3) is 5.69 Å². The summed E-state index contributed by atoms with van der Waals surface area (Å²) in [7, 11) is 0. The predicted octanol–water partition coefficient (Wildman–Crippen LogP) is 2.78. The van der Waals surface area contributed by atoms with Gasteiger partial charge in [0.2, 0.25) is 0 Å². The van der Waals surface area contributed by atoms with Crippen molar-refractivity contribution in [3.63, 3.8) is 0 Å². The molecule has 0 saturated carbocycles. The third-order valence-electron chi connectivity index (χ3n) is 4.24. The molecular formula is C21H23N5O3. The number of amides is 1. The molecule has 1 atom stereocenters. The summed E-state index contributed by atoms with van der Waals surface area (Å²) in [5, 5.41) is 14.0. The lowest BCUT2D eigenvalue weighted by atomic mass is 10.0. The first-order valence-electron chi connectivity index (χ1n) is 9.32. The summed E-state index contributed by atoms with van der Waals surface area (Å²) in [4.78, 5) is 25.1. The lowest BCUT2D eigenvalue weighted by Gasteiger charge is -2.20. The topological polar surface area (TPSA) is 99.0 Å². The maximum absolute atomic E-state index is 12.9. The number of nitrogens with zero attached hydrogens (tertiary/aromatic N) is 4. The second kappa shape index (κ2) is 9.09. The van der Waals surface area contributed by atoms with E-state index in [1.54, 1.807) is 38.1 Å². The molecule has 1 unspecified atom stereocenters. The molecule has 1 N–H and O–H groups in total. The summed E-state index contributed by atoms with van der Waals surface area (Å²) >= 11 is 0. The molecule has 1 aromatic heterocycles. The molecule has 2 aromatic carbocycles. The van der Waals surface area contributed by atoms with E-state index in [-0.39, 0.29) is 24.4 Å². The molecule has 29 heavy (non-hydrogen) atoms.